The highest BCUT2D eigenvalue weighted by atomic mass is 32.1. The van der Waals surface area contributed by atoms with Gasteiger partial charge in [0.25, 0.3) is 0 Å². The van der Waals surface area contributed by atoms with E-state index in [4.69, 9.17) is 5.73 Å². The van der Waals surface area contributed by atoms with Crippen molar-refractivity contribution in [1.82, 2.24) is 0 Å². The Morgan fingerprint density at radius 3 is 2.48 bits per heavy atom. The number of likely N-dealkylation sites (N-methyl/N-ethyl adjacent to an activating group) is 1. The zero-order valence-electron chi connectivity index (χ0n) is 11.5. The third kappa shape index (κ3) is 4.32. The second-order valence-electron chi connectivity index (χ2n) is 4.18. The predicted octanol–water partition coefficient (Wildman–Crippen LogP) is 2.34. The smallest absolute Gasteiger partial charge is 0.417 e. The second-order valence-corrected chi connectivity index (χ2v) is 4.62. The van der Waals surface area contributed by atoms with Gasteiger partial charge in [-0.3, -0.25) is 4.79 Å². The monoisotopic (exact) mass is 320 g/mol. The summed E-state index contributed by atoms with van der Waals surface area (Å²) in [7, 11) is 1.22. The summed E-state index contributed by atoms with van der Waals surface area (Å²) in [6.07, 6.45) is -4.58. The average Bonchev–Trinajstić information content (AvgIpc) is 2.42. The molecule has 0 saturated carbocycles. The first-order valence-corrected chi connectivity index (χ1v) is 6.44. The van der Waals surface area contributed by atoms with E-state index in [1.165, 1.54) is 24.1 Å². The molecule has 0 heterocycles. The maximum atomic E-state index is 13.1. The van der Waals surface area contributed by atoms with E-state index in [2.05, 4.69) is 17.0 Å². The number of thiocarbonyl (C=S) groups is 1. The Morgan fingerprint density at radius 1 is 1.43 bits per heavy atom. The molecule has 0 amide bonds. The van der Waals surface area contributed by atoms with Crippen molar-refractivity contribution in [1.29, 1.82) is 0 Å². The number of nitrogens with two attached hydrogens (primary N) is 1. The van der Waals surface area contributed by atoms with E-state index in [0.29, 0.717) is 6.54 Å². The van der Waals surface area contributed by atoms with Crippen molar-refractivity contribution in [2.75, 3.05) is 25.1 Å². The molecule has 0 bridgehead atoms. The normalized spacial score (nSPS) is 11.1. The number of alkyl halides is 3. The van der Waals surface area contributed by atoms with Crippen LogP contribution in [0.3, 0.4) is 0 Å². The molecule has 2 N–H and O–H groups in total. The van der Waals surface area contributed by atoms with Crippen LogP contribution < -0.4 is 10.6 Å². The molecule has 0 aliphatic carbocycles. The quantitative estimate of drug-likeness (QED) is 0.667. The summed E-state index contributed by atoms with van der Waals surface area (Å²) in [5, 5.41) is 0. The lowest BCUT2D eigenvalue weighted by molar-refractivity contribution is -0.139. The Hall–Kier alpha value is -1.83. The van der Waals surface area contributed by atoms with Crippen molar-refractivity contribution in [3.05, 3.63) is 29.3 Å². The lowest BCUT2D eigenvalue weighted by Gasteiger charge is -2.23. The molecule has 1 rings (SSSR count). The SMILES string of the molecule is CCN(CC(=O)OC)c1ccc(C(N)=S)c(C(F)(F)F)c1. The third-order valence-corrected chi connectivity index (χ3v) is 3.09. The number of hydrogen-bond donors (Lipinski definition) is 1. The van der Waals surface area contributed by atoms with Crippen LogP contribution in [-0.2, 0) is 15.7 Å². The van der Waals surface area contributed by atoms with E-state index in [0.717, 1.165) is 6.07 Å². The zero-order chi connectivity index (χ0) is 16.2. The van der Waals surface area contributed by atoms with Crippen LogP contribution in [-0.4, -0.2) is 31.2 Å². The first-order valence-electron chi connectivity index (χ1n) is 6.03. The van der Waals surface area contributed by atoms with Crippen LogP contribution in [0.4, 0.5) is 18.9 Å². The van der Waals surface area contributed by atoms with E-state index < -0.39 is 17.7 Å². The van der Waals surface area contributed by atoms with Crippen LogP contribution in [0.5, 0.6) is 0 Å². The van der Waals surface area contributed by atoms with Crippen molar-refractivity contribution < 1.29 is 22.7 Å². The number of benzene rings is 1. The molecule has 8 heteroatoms. The number of halogens is 3. The molecule has 4 nitrogen and oxygen atoms in total. The van der Waals surface area contributed by atoms with Crippen LogP contribution in [0.15, 0.2) is 18.2 Å². The first kappa shape index (κ1) is 17.2. The van der Waals surface area contributed by atoms with Gasteiger partial charge < -0.3 is 15.4 Å². The Balaban J connectivity index is 3.26. The lowest BCUT2D eigenvalue weighted by atomic mass is 10.1. The van der Waals surface area contributed by atoms with E-state index in [9.17, 15) is 18.0 Å². The van der Waals surface area contributed by atoms with Gasteiger partial charge in [0, 0.05) is 17.8 Å². The van der Waals surface area contributed by atoms with Crippen molar-refractivity contribution in [2.45, 2.75) is 13.1 Å². The number of carbonyl (C=O) groups excluding carboxylic acids is 1. The number of anilines is 1. The first-order chi connectivity index (χ1) is 9.70. The van der Waals surface area contributed by atoms with Crippen LogP contribution in [0, 0.1) is 0 Å². The highest BCUT2D eigenvalue weighted by Gasteiger charge is 2.34. The summed E-state index contributed by atoms with van der Waals surface area (Å²) < 4.78 is 43.7. The summed E-state index contributed by atoms with van der Waals surface area (Å²) >= 11 is 4.63. The van der Waals surface area contributed by atoms with Gasteiger partial charge in [0.05, 0.1) is 12.7 Å². The zero-order valence-corrected chi connectivity index (χ0v) is 12.3. The van der Waals surface area contributed by atoms with E-state index in [-0.39, 0.29) is 22.8 Å². The van der Waals surface area contributed by atoms with Crippen molar-refractivity contribution in [3.8, 4) is 0 Å². The maximum Gasteiger partial charge on any atom is 0.417 e. The van der Waals surface area contributed by atoms with Gasteiger partial charge in [0.2, 0.25) is 0 Å². The number of esters is 1. The third-order valence-electron chi connectivity index (χ3n) is 2.87. The van der Waals surface area contributed by atoms with Crippen molar-refractivity contribution in [3.63, 3.8) is 0 Å². The highest BCUT2D eigenvalue weighted by molar-refractivity contribution is 7.80. The molecule has 116 valence electrons. The largest absolute Gasteiger partial charge is 0.468 e. The summed E-state index contributed by atoms with van der Waals surface area (Å²) in [6, 6.07) is 3.58. The molecule has 0 aliphatic rings. The van der Waals surface area contributed by atoms with E-state index in [1.807, 2.05) is 0 Å². The molecule has 0 atom stereocenters. The number of nitrogens with zero attached hydrogens (tertiary/aromatic N) is 1. The molecule has 0 aliphatic heterocycles. The van der Waals surface area contributed by atoms with Gasteiger partial charge in [-0.1, -0.05) is 12.2 Å². The number of methoxy groups -OCH3 is 1. The highest BCUT2D eigenvalue weighted by Crippen LogP contribution is 2.34. The predicted molar refractivity (Wildman–Crippen MR) is 77.2 cm³/mol. The molecular formula is C13H15F3N2O2S. The van der Waals surface area contributed by atoms with Gasteiger partial charge in [-0.2, -0.15) is 13.2 Å². The van der Waals surface area contributed by atoms with Crippen molar-refractivity contribution >= 4 is 28.9 Å². The Labute approximate surface area is 125 Å². The maximum absolute atomic E-state index is 13.1. The van der Waals surface area contributed by atoms with Crippen LogP contribution in [0.1, 0.15) is 18.1 Å². The Kier molecular flexibility index (Phi) is 5.54. The summed E-state index contributed by atoms with van der Waals surface area (Å²) in [6.45, 7) is 1.92. The van der Waals surface area contributed by atoms with Gasteiger partial charge in [-0.05, 0) is 25.1 Å². The molecule has 0 radical (unpaired) electrons. The summed E-state index contributed by atoms with van der Waals surface area (Å²) in [5.41, 5.74) is 4.40. The molecule has 0 fully saturated rings. The van der Waals surface area contributed by atoms with Crippen LogP contribution in [0.2, 0.25) is 0 Å². The minimum atomic E-state index is -4.58. The van der Waals surface area contributed by atoms with E-state index in [1.54, 1.807) is 6.92 Å². The minimum absolute atomic E-state index is 0.142. The molecule has 0 unspecified atom stereocenters. The molecule has 0 spiro atoms. The second kappa shape index (κ2) is 6.75. The fraction of sp³-hybridized carbons (Fsp3) is 0.385. The molecule has 1 aromatic carbocycles. The van der Waals surface area contributed by atoms with Gasteiger partial charge in [0.15, 0.2) is 0 Å². The summed E-state index contributed by atoms with van der Waals surface area (Å²) in [4.78, 5) is 12.4. The molecule has 0 aromatic heterocycles. The standard InChI is InChI=1S/C13H15F3N2O2S/c1-3-18(7-11(19)20-2)8-4-5-9(12(17)21)10(6-8)13(14,15)16/h4-6H,3,7H2,1-2H3,(H2,17,21). The van der Waals surface area contributed by atoms with Gasteiger partial charge >= 0.3 is 12.1 Å². The van der Waals surface area contributed by atoms with Crippen molar-refractivity contribution in [2.24, 2.45) is 5.73 Å². The summed E-state index contributed by atoms with van der Waals surface area (Å²) in [5.74, 6) is -0.538. The van der Waals surface area contributed by atoms with E-state index >= 15 is 0 Å². The Morgan fingerprint density at radius 2 is 2.05 bits per heavy atom. The van der Waals surface area contributed by atoms with Gasteiger partial charge in [-0.15, -0.1) is 0 Å². The number of hydrogen-bond acceptors (Lipinski definition) is 4. The molecule has 21 heavy (non-hydrogen) atoms. The molecule has 0 saturated heterocycles. The fourth-order valence-electron chi connectivity index (χ4n) is 1.78. The minimum Gasteiger partial charge on any atom is -0.468 e. The molecular weight excluding hydrogens is 305 g/mol. The average molecular weight is 320 g/mol. The number of rotatable bonds is 5. The fourth-order valence-corrected chi connectivity index (χ4v) is 1.96. The number of carbonyl (C=O) groups is 1. The molecule has 1 aromatic rings. The number of ether oxygens (including phenoxy) is 1. The van der Waals surface area contributed by atoms with Crippen LogP contribution in [0.25, 0.3) is 0 Å². The van der Waals surface area contributed by atoms with Crippen LogP contribution >= 0.6 is 12.2 Å². The van der Waals surface area contributed by atoms with Gasteiger partial charge in [-0.25, -0.2) is 0 Å². The Bertz CT molecular complexity index is 547. The topological polar surface area (TPSA) is 55.6 Å². The lowest BCUT2D eigenvalue weighted by Crippen LogP contribution is -2.30. The van der Waals surface area contributed by atoms with Gasteiger partial charge in [0.1, 0.15) is 11.5 Å².